The molecule has 0 unspecified atom stereocenters. The van der Waals surface area contributed by atoms with Crippen molar-refractivity contribution in [3.63, 3.8) is 0 Å². The van der Waals surface area contributed by atoms with Crippen molar-refractivity contribution >= 4 is 0 Å². The van der Waals surface area contributed by atoms with Gasteiger partial charge < -0.3 is 0 Å². The average molecular weight is 853 g/mol. The van der Waals surface area contributed by atoms with Crippen LogP contribution in [0.4, 0.5) is 0 Å². The topological polar surface area (TPSA) is 155 Å². The second-order valence-electron chi connectivity index (χ2n) is 14.2. The zero-order valence-corrected chi connectivity index (χ0v) is 36.9. The molecular weight excluding hydrogens is 805 g/mol. The summed E-state index contributed by atoms with van der Waals surface area (Å²) in [5, 5.41) is 0. The second-order valence-corrected chi connectivity index (χ2v) is 14.2. The molecule has 9 heterocycles. The molecule has 9 aromatic heterocycles. The Hall–Kier alpha value is -8.64. The van der Waals surface area contributed by atoms with Crippen LogP contribution in [0.15, 0.2) is 203 Å². The number of aryl methyl sites for hydroxylation is 5. The summed E-state index contributed by atoms with van der Waals surface area (Å²) in [4.78, 5) is 49.2. The zero-order valence-electron chi connectivity index (χ0n) is 36.9. The highest BCUT2D eigenvalue weighted by atomic mass is 14.9. The van der Waals surface area contributed by atoms with Crippen LogP contribution in [0.5, 0.6) is 0 Å². The van der Waals surface area contributed by atoms with Gasteiger partial charge in [0.2, 0.25) is 0 Å². The highest BCUT2D eigenvalue weighted by molar-refractivity contribution is 5.66. The summed E-state index contributed by atoms with van der Waals surface area (Å²) in [6.45, 7) is 9.99. The summed E-state index contributed by atoms with van der Waals surface area (Å²) in [5.41, 5.74) is 15.8. The molecule has 0 amide bonds. The highest BCUT2D eigenvalue weighted by Crippen LogP contribution is 2.22. The van der Waals surface area contributed by atoms with E-state index in [0.29, 0.717) is 0 Å². The minimum Gasteiger partial charge on any atom is -0.265 e. The van der Waals surface area contributed by atoms with Gasteiger partial charge in [-0.15, -0.1) is 0 Å². The molecule has 10 aromatic rings. The minimum atomic E-state index is 0.891. The van der Waals surface area contributed by atoms with Gasteiger partial charge in [-0.2, -0.15) is 0 Å². The lowest BCUT2D eigenvalue weighted by Gasteiger charge is -2.02. The largest absolute Gasteiger partial charge is 0.265 e. The predicted octanol–water partition coefficient (Wildman–Crippen LogP) is 11.1. The molecule has 0 aliphatic carbocycles. The van der Waals surface area contributed by atoms with E-state index in [9.17, 15) is 0 Å². The van der Waals surface area contributed by atoms with Gasteiger partial charge in [0.25, 0.3) is 0 Å². The van der Waals surface area contributed by atoms with E-state index in [-0.39, 0.29) is 0 Å². The summed E-state index contributed by atoms with van der Waals surface area (Å²) in [6.07, 6.45) is 26.2. The first-order valence-corrected chi connectivity index (χ1v) is 20.7. The van der Waals surface area contributed by atoms with E-state index >= 15 is 0 Å². The van der Waals surface area contributed by atoms with Gasteiger partial charge in [0.05, 0.1) is 22.8 Å². The molecular formula is C53H48N12. The maximum absolute atomic E-state index is 4.24. The van der Waals surface area contributed by atoms with Gasteiger partial charge in [-0.1, -0.05) is 54.6 Å². The van der Waals surface area contributed by atoms with Gasteiger partial charge in [-0.3, -0.25) is 29.9 Å². The van der Waals surface area contributed by atoms with Crippen LogP contribution in [0.3, 0.4) is 0 Å². The van der Waals surface area contributed by atoms with Crippen LogP contribution in [0.2, 0.25) is 0 Å². The van der Waals surface area contributed by atoms with Crippen LogP contribution in [0.25, 0.3) is 56.2 Å². The van der Waals surface area contributed by atoms with Crippen LogP contribution in [0.1, 0.15) is 28.1 Å². The Morgan fingerprint density at radius 3 is 1.23 bits per heavy atom. The van der Waals surface area contributed by atoms with Gasteiger partial charge >= 0.3 is 0 Å². The molecule has 12 heteroatoms. The monoisotopic (exact) mass is 852 g/mol. The van der Waals surface area contributed by atoms with Gasteiger partial charge in [-0.05, 0) is 111 Å². The molecule has 0 bridgehead atoms. The summed E-state index contributed by atoms with van der Waals surface area (Å²) in [7, 11) is 0. The molecule has 0 aliphatic heterocycles. The smallest absolute Gasteiger partial charge is 0.116 e. The standard InChI is InChI=1S/3C11H10N2.2C10H9N3/c1-9-11(5-3-7-13-9)10-4-2-6-12-8-10;1-9-11(3-2-6-13-9)10-4-7-12-8-5-10;1-9-7-12-8-13-11(9)10-5-3-2-4-6-10;1-8-5-12-7-13-10(8)9-3-2-4-11-6-9;1-8-6-11-7-13-10(8)9-4-2-3-5-12-9/h3*2-8H,1H3;2*2-7H,1H3. The number of benzene rings is 1. The minimum absolute atomic E-state index is 0.891. The molecule has 65 heavy (non-hydrogen) atoms. The Labute approximate surface area is 379 Å². The van der Waals surface area contributed by atoms with Crippen molar-refractivity contribution in [2.24, 2.45) is 0 Å². The maximum Gasteiger partial charge on any atom is 0.116 e. The first kappa shape index (κ1) is 45.9. The SMILES string of the molecule is Cc1cncnc1-c1ccccc1.Cc1cncnc1-c1ccccn1.Cc1cncnc1-c1cccnc1.Cc1ncccc1-c1cccnc1.Cc1ncccc1-c1ccncc1. The van der Waals surface area contributed by atoms with Gasteiger partial charge in [0, 0.05) is 114 Å². The molecule has 0 saturated carbocycles. The summed E-state index contributed by atoms with van der Waals surface area (Å²) >= 11 is 0. The van der Waals surface area contributed by atoms with Crippen molar-refractivity contribution in [2.45, 2.75) is 34.6 Å². The van der Waals surface area contributed by atoms with Gasteiger partial charge in [-0.25, -0.2) is 29.9 Å². The van der Waals surface area contributed by atoms with Crippen molar-refractivity contribution in [1.82, 2.24) is 59.8 Å². The Bertz CT molecular complexity index is 2450. The Morgan fingerprint density at radius 2 is 0.738 bits per heavy atom. The van der Waals surface area contributed by atoms with Gasteiger partial charge in [0.15, 0.2) is 0 Å². The number of nitrogens with zero attached hydrogens (tertiary/aromatic N) is 12. The molecule has 0 N–H and O–H groups in total. The molecule has 0 spiro atoms. The fraction of sp³-hybridized carbons (Fsp3) is 0.0943. The molecule has 10 rings (SSSR count). The van der Waals surface area contributed by atoms with E-state index in [1.54, 1.807) is 74.6 Å². The van der Waals surface area contributed by atoms with Crippen molar-refractivity contribution in [3.8, 4) is 56.2 Å². The Morgan fingerprint density at radius 1 is 0.277 bits per heavy atom. The van der Waals surface area contributed by atoms with E-state index in [1.165, 1.54) is 17.5 Å². The molecule has 0 saturated heterocycles. The van der Waals surface area contributed by atoms with Crippen LogP contribution >= 0.6 is 0 Å². The molecule has 0 fully saturated rings. The van der Waals surface area contributed by atoms with Crippen LogP contribution in [-0.2, 0) is 0 Å². The van der Waals surface area contributed by atoms with E-state index in [2.05, 4.69) is 84.1 Å². The molecule has 0 radical (unpaired) electrons. The number of pyridine rings is 6. The summed E-state index contributed by atoms with van der Waals surface area (Å²) in [5.74, 6) is 0. The number of hydrogen-bond donors (Lipinski definition) is 0. The third kappa shape index (κ3) is 13.9. The van der Waals surface area contributed by atoms with Crippen LogP contribution < -0.4 is 0 Å². The van der Waals surface area contributed by atoms with Crippen molar-refractivity contribution in [2.75, 3.05) is 0 Å². The first-order chi connectivity index (χ1) is 31.9. The van der Waals surface area contributed by atoms with Crippen molar-refractivity contribution < 1.29 is 0 Å². The predicted molar refractivity (Wildman–Crippen MR) is 257 cm³/mol. The zero-order chi connectivity index (χ0) is 45.5. The van der Waals surface area contributed by atoms with E-state index < -0.39 is 0 Å². The maximum atomic E-state index is 4.24. The number of hydrogen-bond acceptors (Lipinski definition) is 12. The van der Waals surface area contributed by atoms with Gasteiger partial charge in [0.1, 0.15) is 19.0 Å². The van der Waals surface area contributed by atoms with E-state index in [0.717, 1.165) is 73.1 Å². The van der Waals surface area contributed by atoms with E-state index in [1.807, 2.05) is 132 Å². The Balaban J connectivity index is 0.000000135. The molecule has 1 aromatic carbocycles. The number of rotatable bonds is 5. The third-order valence-corrected chi connectivity index (χ3v) is 9.55. The van der Waals surface area contributed by atoms with E-state index in [4.69, 9.17) is 0 Å². The quantitative estimate of drug-likeness (QED) is 0.162. The molecule has 0 aliphatic rings. The normalized spacial score (nSPS) is 9.92. The lowest BCUT2D eigenvalue weighted by molar-refractivity contribution is 1.12. The first-order valence-electron chi connectivity index (χ1n) is 20.7. The van der Waals surface area contributed by atoms with Crippen molar-refractivity contribution in [1.29, 1.82) is 0 Å². The fourth-order valence-electron chi connectivity index (χ4n) is 6.30. The molecule has 320 valence electrons. The van der Waals surface area contributed by atoms with Crippen LogP contribution in [-0.4, -0.2) is 59.8 Å². The summed E-state index contributed by atoms with van der Waals surface area (Å²) < 4.78 is 0. The average Bonchev–Trinajstić information content (AvgIpc) is 3.37. The fourth-order valence-corrected chi connectivity index (χ4v) is 6.30. The lowest BCUT2D eigenvalue weighted by atomic mass is 10.1. The lowest BCUT2D eigenvalue weighted by Crippen LogP contribution is -1.90. The third-order valence-electron chi connectivity index (χ3n) is 9.55. The van der Waals surface area contributed by atoms with Crippen molar-refractivity contribution in [3.05, 3.63) is 231 Å². The molecule has 12 nitrogen and oxygen atoms in total. The summed E-state index contributed by atoms with van der Waals surface area (Å²) in [6, 6.07) is 35.7. The second kappa shape index (κ2) is 24.7. The number of aromatic nitrogens is 12. The molecule has 0 atom stereocenters. The van der Waals surface area contributed by atoms with Crippen LogP contribution in [0, 0.1) is 34.6 Å². The Kier molecular flexibility index (Phi) is 17.4. The highest BCUT2D eigenvalue weighted by Gasteiger charge is 2.04.